The first-order valence-corrected chi connectivity index (χ1v) is 12.1. The van der Waals surface area contributed by atoms with Gasteiger partial charge < -0.3 is 9.47 Å². The summed E-state index contributed by atoms with van der Waals surface area (Å²) in [7, 11) is 1.49. The number of carbonyl (C=O) groups excluding carboxylic acids is 3. The number of ether oxygens (including phenoxy) is 2. The zero-order chi connectivity index (χ0) is 26.0. The number of urea groups is 1. The number of benzene rings is 3. The quantitative estimate of drug-likeness (QED) is 0.292. The smallest absolute Gasteiger partial charge is 0.335 e. The van der Waals surface area contributed by atoms with Crippen LogP contribution in [0, 0.1) is 13.8 Å². The number of barbiturate groups is 1. The molecule has 1 N–H and O–H groups in total. The molecule has 0 spiro atoms. The first-order valence-electron chi connectivity index (χ1n) is 10.9. The monoisotopic (exact) mass is 568 g/mol. The Kier molecular flexibility index (Phi) is 7.47. The number of imide groups is 2. The van der Waals surface area contributed by atoms with E-state index in [1.54, 1.807) is 30.3 Å². The number of anilines is 1. The van der Waals surface area contributed by atoms with Crippen LogP contribution in [0.1, 0.15) is 22.3 Å². The van der Waals surface area contributed by atoms with E-state index in [0.717, 1.165) is 21.6 Å². The number of halogens is 2. The second-order valence-corrected chi connectivity index (χ2v) is 9.35. The molecule has 4 rings (SSSR count). The lowest BCUT2D eigenvalue weighted by Crippen LogP contribution is -2.54. The third kappa shape index (κ3) is 5.01. The summed E-state index contributed by atoms with van der Waals surface area (Å²) in [5.74, 6) is -0.673. The topological polar surface area (TPSA) is 84.9 Å². The fourth-order valence-corrected chi connectivity index (χ4v) is 4.51. The minimum Gasteiger partial charge on any atom is -0.493 e. The van der Waals surface area contributed by atoms with Crippen LogP contribution in [0.15, 0.2) is 64.6 Å². The number of nitrogens with one attached hydrogen (secondary N) is 1. The number of rotatable bonds is 6. The summed E-state index contributed by atoms with van der Waals surface area (Å²) in [6.45, 7) is 3.91. The van der Waals surface area contributed by atoms with Crippen LogP contribution in [0.5, 0.6) is 11.5 Å². The minimum absolute atomic E-state index is 0.186. The highest BCUT2D eigenvalue weighted by atomic mass is 79.9. The zero-order valence-electron chi connectivity index (χ0n) is 19.7. The number of hydrogen-bond donors (Lipinski definition) is 1. The van der Waals surface area contributed by atoms with Crippen molar-refractivity contribution in [3.05, 3.63) is 91.9 Å². The van der Waals surface area contributed by atoms with Gasteiger partial charge >= 0.3 is 6.03 Å². The van der Waals surface area contributed by atoms with Gasteiger partial charge in [0, 0.05) is 10.6 Å². The molecule has 1 saturated heterocycles. The second kappa shape index (κ2) is 10.6. The van der Waals surface area contributed by atoms with Gasteiger partial charge in [-0.15, -0.1) is 0 Å². The van der Waals surface area contributed by atoms with Crippen LogP contribution in [0.4, 0.5) is 10.5 Å². The number of aryl methyl sites for hydroxylation is 1. The van der Waals surface area contributed by atoms with E-state index < -0.39 is 17.8 Å². The predicted octanol–water partition coefficient (Wildman–Crippen LogP) is 5.97. The molecule has 0 aliphatic carbocycles. The Morgan fingerprint density at radius 2 is 1.81 bits per heavy atom. The third-order valence-electron chi connectivity index (χ3n) is 5.81. The van der Waals surface area contributed by atoms with E-state index in [4.69, 9.17) is 21.1 Å². The molecule has 184 valence electrons. The van der Waals surface area contributed by atoms with Crippen LogP contribution in [0.2, 0.25) is 5.02 Å². The molecule has 0 radical (unpaired) electrons. The number of hydrogen-bond acceptors (Lipinski definition) is 5. The van der Waals surface area contributed by atoms with Crippen LogP contribution < -0.4 is 19.7 Å². The number of amides is 4. The van der Waals surface area contributed by atoms with Crippen molar-refractivity contribution in [2.75, 3.05) is 12.0 Å². The van der Waals surface area contributed by atoms with Crippen LogP contribution in [-0.4, -0.2) is 25.0 Å². The Bertz CT molecular complexity index is 1420. The molecular formula is C27H22BrClN2O5. The first-order chi connectivity index (χ1) is 17.2. The standard InChI is InChI=1S/C27H22BrClN2O5/c1-15-7-6-10-22(16(15)2)31-26(33)19(25(32)30-27(31)34)11-17-12-20(28)24(23(13-17)35-3)36-14-18-8-4-5-9-21(18)29/h4-13H,14H2,1-3H3,(H,30,32,34)/b19-11+. The third-order valence-corrected chi connectivity index (χ3v) is 6.77. The zero-order valence-corrected chi connectivity index (χ0v) is 22.1. The van der Waals surface area contributed by atoms with Gasteiger partial charge in [0.25, 0.3) is 11.8 Å². The van der Waals surface area contributed by atoms with Gasteiger partial charge in [0.15, 0.2) is 11.5 Å². The lowest BCUT2D eigenvalue weighted by atomic mass is 10.0. The van der Waals surface area contributed by atoms with Gasteiger partial charge in [0.1, 0.15) is 12.2 Å². The summed E-state index contributed by atoms with van der Waals surface area (Å²) in [5.41, 5.74) is 3.21. The molecule has 3 aromatic carbocycles. The van der Waals surface area contributed by atoms with E-state index in [0.29, 0.717) is 32.2 Å². The molecule has 0 unspecified atom stereocenters. The van der Waals surface area contributed by atoms with Gasteiger partial charge in [-0.3, -0.25) is 14.9 Å². The normalized spacial score (nSPS) is 14.8. The maximum Gasteiger partial charge on any atom is 0.335 e. The molecular weight excluding hydrogens is 548 g/mol. The maximum absolute atomic E-state index is 13.3. The van der Waals surface area contributed by atoms with Crippen molar-refractivity contribution in [2.24, 2.45) is 0 Å². The molecule has 9 heteroatoms. The highest BCUT2D eigenvalue weighted by Gasteiger charge is 2.37. The fraction of sp³-hybridized carbons (Fsp3) is 0.148. The van der Waals surface area contributed by atoms with Gasteiger partial charge in [-0.05, 0) is 76.8 Å². The van der Waals surface area contributed by atoms with E-state index in [1.807, 2.05) is 38.1 Å². The second-order valence-electron chi connectivity index (χ2n) is 8.09. The molecule has 1 fully saturated rings. The van der Waals surface area contributed by atoms with Crippen molar-refractivity contribution < 1.29 is 23.9 Å². The van der Waals surface area contributed by atoms with Crippen molar-refractivity contribution in [2.45, 2.75) is 20.5 Å². The van der Waals surface area contributed by atoms with Crippen molar-refractivity contribution in [3.63, 3.8) is 0 Å². The summed E-state index contributed by atoms with van der Waals surface area (Å²) >= 11 is 9.71. The van der Waals surface area contributed by atoms with Gasteiger partial charge in [0.2, 0.25) is 0 Å². The molecule has 0 aromatic heterocycles. The summed E-state index contributed by atoms with van der Waals surface area (Å²) in [6, 6.07) is 15.2. The fourth-order valence-electron chi connectivity index (χ4n) is 3.75. The van der Waals surface area contributed by atoms with Crippen molar-refractivity contribution in [1.82, 2.24) is 5.32 Å². The van der Waals surface area contributed by atoms with E-state index >= 15 is 0 Å². The molecule has 7 nitrogen and oxygen atoms in total. The molecule has 0 saturated carbocycles. The Balaban J connectivity index is 1.67. The van der Waals surface area contributed by atoms with Crippen molar-refractivity contribution in [3.8, 4) is 11.5 Å². The lowest BCUT2D eigenvalue weighted by Gasteiger charge is -2.28. The summed E-state index contributed by atoms with van der Waals surface area (Å²) in [5, 5.41) is 2.83. The highest BCUT2D eigenvalue weighted by Crippen LogP contribution is 2.38. The number of carbonyl (C=O) groups is 3. The van der Waals surface area contributed by atoms with Crippen LogP contribution in [0.3, 0.4) is 0 Å². The Morgan fingerprint density at radius 1 is 1.06 bits per heavy atom. The van der Waals surface area contributed by atoms with Crippen molar-refractivity contribution in [1.29, 1.82) is 0 Å². The van der Waals surface area contributed by atoms with Crippen LogP contribution in [-0.2, 0) is 16.2 Å². The maximum atomic E-state index is 13.3. The average molecular weight is 570 g/mol. The Hall–Kier alpha value is -3.62. The van der Waals surface area contributed by atoms with Gasteiger partial charge in [-0.2, -0.15) is 0 Å². The van der Waals surface area contributed by atoms with Crippen molar-refractivity contribution >= 4 is 57.1 Å². The predicted molar refractivity (Wildman–Crippen MR) is 141 cm³/mol. The lowest BCUT2D eigenvalue weighted by molar-refractivity contribution is -0.122. The van der Waals surface area contributed by atoms with Gasteiger partial charge in [-0.1, -0.05) is 41.9 Å². The average Bonchev–Trinajstić information content (AvgIpc) is 2.84. The van der Waals surface area contributed by atoms with Crippen LogP contribution >= 0.6 is 27.5 Å². The SMILES string of the molecule is COc1cc(/C=C2\C(=O)NC(=O)N(c3cccc(C)c3C)C2=O)cc(Br)c1OCc1ccccc1Cl. The van der Waals surface area contributed by atoms with E-state index in [9.17, 15) is 14.4 Å². The Morgan fingerprint density at radius 3 is 2.53 bits per heavy atom. The number of methoxy groups -OCH3 is 1. The summed E-state index contributed by atoms with van der Waals surface area (Å²) in [6.07, 6.45) is 1.41. The molecule has 1 aliphatic rings. The number of nitrogens with zero attached hydrogens (tertiary/aromatic N) is 1. The van der Waals surface area contributed by atoms with Gasteiger partial charge in [0.05, 0.1) is 17.3 Å². The van der Waals surface area contributed by atoms with E-state index in [2.05, 4.69) is 21.2 Å². The van der Waals surface area contributed by atoms with Crippen LogP contribution in [0.25, 0.3) is 6.08 Å². The molecule has 4 amide bonds. The Labute approximate surface area is 221 Å². The minimum atomic E-state index is -0.794. The largest absolute Gasteiger partial charge is 0.493 e. The molecule has 1 aliphatic heterocycles. The summed E-state index contributed by atoms with van der Waals surface area (Å²) in [4.78, 5) is 39.5. The molecule has 3 aromatic rings. The van der Waals surface area contributed by atoms with E-state index in [-0.39, 0.29) is 12.2 Å². The van der Waals surface area contributed by atoms with E-state index in [1.165, 1.54) is 13.2 Å². The molecule has 36 heavy (non-hydrogen) atoms. The summed E-state index contributed by atoms with van der Waals surface area (Å²) < 4.78 is 12.0. The van der Waals surface area contributed by atoms with Gasteiger partial charge in [-0.25, -0.2) is 9.69 Å². The highest BCUT2D eigenvalue weighted by molar-refractivity contribution is 9.10. The molecule has 1 heterocycles. The molecule has 0 atom stereocenters. The molecule has 0 bridgehead atoms. The first kappa shape index (κ1) is 25.5.